The third-order valence-electron chi connectivity index (χ3n) is 2.19. The van der Waals surface area contributed by atoms with Crippen molar-refractivity contribution >= 4 is 19.0 Å². The van der Waals surface area contributed by atoms with E-state index < -0.39 is 0 Å². The van der Waals surface area contributed by atoms with Gasteiger partial charge in [-0.3, -0.25) is 4.72 Å². The molecule has 0 saturated heterocycles. The summed E-state index contributed by atoms with van der Waals surface area (Å²) in [6.07, 6.45) is 6.53. The molecule has 0 aromatic heterocycles. The lowest BCUT2D eigenvalue weighted by Crippen LogP contribution is -2.07. The van der Waals surface area contributed by atoms with E-state index in [2.05, 4.69) is 29.8 Å². The third kappa shape index (κ3) is 6.97. The fraction of sp³-hybridized carbons (Fsp3) is 0.700. The van der Waals surface area contributed by atoms with Gasteiger partial charge in [0.25, 0.3) is 0 Å². The van der Waals surface area contributed by atoms with Crippen LogP contribution in [0.2, 0.25) is 0 Å². The van der Waals surface area contributed by atoms with Crippen molar-refractivity contribution in [2.45, 2.75) is 26.2 Å². The molecule has 0 rings (SSSR count). The molecule has 0 aliphatic carbocycles. The molecule has 0 aliphatic heterocycles. The molecule has 82 valence electrons. The summed E-state index contributed by atoms with van der Waals surface area (Å²) in [6, 6.07) is 0. The van der Waals surface area contributed by atoms with Crippen molar-refractivity contribution in [3.63, 3.8) is 0 Å². The van der Waals surface area contributed by atoms with Gasteiger partial charge in [-0.15, -0.1) is 0 Å². The molecule has 0 radical (unpaired) electrons. The number of hydrogen-bond acceptors (Lipinski definition) is 4. The Bertz CT molecular complexity index is 180. The first kappa shape index (κ1) is 13.5. The van der Waals surface area contributed by atoms with E-state index in [1.54, 1.807) is 0 Å². The fourth-order valence-electron chi connectivity index (χ4n) is 1.24. The van der Waals surface area contributed by atoms with Gasteiger partial charge in [-0.05, 0) is 30.8 Å². The van der Waals surface area contributed by atoms with Crippen LogP contribution in [0.3, 0.4) is 0 Å². The van der Waals surface area contributed by atoms with Crippen molar-refractivity contribution in [3.8, 4) is 0 Å². The molecular weight excluding hydrogens is 194 g/mol. The Kier molecular flexibility index (Phi) is 8.78. The van der Waals surface area contributed by atoms with E-state index >= 15 is 0 Å². The zero-order valence-corrected chi connectivity index (χ0v) is 9.90. The fourth-order valence-corrected chi connectivity index (χ4v) is 1.37. The molecule has 0 saturated carbocycles. The summed E-state index contributed by atoms with van der Waals surface area (Å²) < 4.78 is 2.85. The minimum Gasteiger partial charge on any atom is -0.394 e. The number of nitrogens with one attached hydrogen (secondary N) is 3. The lowest BCUT2D eigenvalue weighted by atomic mass is 9.99. The number of thiol groups is 1. The van der Waals surface area contributed by atoms with Gasteiger partial charge >= 0.3 is 0 Å². The Morgan fingerprint density at radius 3 is 2.71 bits per heavy atom. The normalized spacial score (nSPS) is 13.8. The molecule has 0 fully saturated rings. The van der Waals surface area contributed by atoms with E-state index in [1.807, 2.05) is 13.2 Å². The predicted octanol–water partition coefficient (Wildman–Crippen LogP) is 1.98. The molecule has 0 aromatic carbocycles. The standard InChI is InChI=1S/C10H21N3S/c1-9(5-6-13-14)3-4-10(7-11)8-12-2/h7-9,11-14H,3-6H2,1-2H3/b10-8-,11-7?. The lowest BCUT2D eigenvalue weighted by Gasteiger charge is -2.10. The smallest absolute Gasteiger partial charge is 0.0224 e. The van der Waals surface area contributed by atoms with Crippen LogP contribution >= 0.6 is 12.8 Å². The zero-order chi connectivity index (χ0) is 10.8. The molecule has 0 spiro atoms. The highest BCUT2D eigenvalue weighted by atomic mass is 32.1. The average molecular weight is 215 g/mol. The molecule has 1 atom stereocenters. The first-order valence-corrected chi connectivity index (χ1v) is 5.43. The Morgan fingerprint density at radius 2 is 2.21 bits per heavy atom. The Hall–Kier alpha value is -0.480. The Morgan fingerprint density at radius 1 is 1.50 bits per heavy atom. The first-order chi connectivity index (χ1) is 6.74. The summed E-state index contributed by atoms with van der Waals surface area (Å²) in [5.74, 6) is 0.676. The van der Waals surface area contributed by atoms with Crippen molar-refractivity contribution in [2.75, 3.05) is 13.6 Å². The van der Waals surface area contributed by atoms with Gasteiger partial charge in [-0.2, -0.15) is 0 Å². The summed E-state index contributed by atoms with van der Waals surface area (Å²) in [7, 11) is 1.86. The molecule has 1 unspecified atom stereocenters. The van der Waals surface area contributed by atoms with Gasteiger partial charge in [-0.25, -0.2) is 0 Å². The highest BCUT2D eigenvalue weighted by molar-refractivity contribution is 7.78. The highest BCUT2D eigenvalue weighted by Crippen LogP contribution is 2.13. The van der Waals surface area contributed by atoms with Crippen LogP contribution in [-0.4, -0.2) is 19.8 Å². The Labute approximate surface area is 92.4 Å². The van der Waals surface area contributed by atoms with Crippen LogP contribution < -0.4 is 10.0 Å². The van der Waals surface area contributed by atoms with E-state index in [4.69, 9.17) is 5.41 Å². The number of allylic oxidation sites excluding steroid dienone is 1. The number of hydrogen-bond donors (Lipinski definition) is 4. The van der Waals surface area contributed by atoms with Gasteiger partial charge in [0.1, 0.15) is 0 Å². The average Bonchev–Trinajstić information content (AvgIpc) is 2.21. The maximum absolute atomic E-state index is 7.19. The summed E-state index contributed by atoms with van der Waals surface area (Å²) in [4.78, 5) is 0. The molecule has 3 N–H and O–H groups in total. The molecule has 0 amide bonds. The summed E-state index contributed by atoms with van der Waals surface area (Å²) in [5, 5.41) is 10.1. The van der Waals surface area contributed by atoms with Gasteiger partial charge in [0.2, 0.25) is 0 Å². The van der Waals surface area contributed by atoms with Crippen LogP contribution in [0.4, 0.5) is 0 Å². The molecule has 3 nitrogen and oxygen atoms in total. The van der Waals surface area contributed by atoms with Gasteiger partial charge < -0.3 is 10.7 Å². The molecular formula is C10H21N3S. The second-order valence-electron chi connectivity index (χ2n) is 3.49. The molecule has 0 aromatic rings. The van der Waals surface area contributed by atoms with Crippen LogP contribution in [0.15, 0.2) is 11.8 Å². The van der Waals surface area contributed by atoms with Crippen LogP contribution in [0.1, 0.15) is 26.2 Å². The summed E-state index contributed by atoms with van der Waals surface area (Å²) >= 11 is 3.95. The van der Waals surface area contributed by atoms with E-state index in [0.29, 0.717) is 5.92 Å². The molecule has 0 bridgehead atoms. The monoisotopic (exact) mass is 215 g/mol. The minimum atomic E-state index is 0.676. The summed E-state index contributed by atoms with van der Waals surface area (Å²) in [5.41, 5.74) is 1.05. The Balaban J connectivity index is 3.68. The van der Waals surface area contributed by atoms with E-state index in [9.17, 15) is 0 Å². The van der Waals surface area contributed by atoms with Crippen molar-refractivity contribution in [1.29, 1.82) is 5.41 Å². The van der Waals surface area contributed by atoms with Crippen molar-refractivity contribution in [2.24, 2.45) is 5.92 Å². The summed E-state index contributed by atoms with van der Waals surface area (Å²) in [6.45, 7) is 3.17. The van der Waals surface area contributed by atoms with Gasteiger partial charge in [0.15, 0.2) is 0 Å². The largest absolute Gasteiger partial charge is 0.394 e. The molecule has 0 aliphatic rings. The second kappa shape index (κ2) is 9.09. The zero-order valence-electron chi connectivity index (χ0n) is 9.01. The maximum atomic E-state index is 7.19. The third-order valence-corrected chi connectivity index (χ3v) is 2.41. The van der Waals surface area contributed by atoms with Gasteiger partial charge in [-0.1, -0.05) is 19.7 Å². The van der Waals surface area contributed by atoms with Crippen LogP contribution in [0.25, 0.3) is 0 Å². The predicted molar refractivity (Wildman–Crippen MR) is 65.9 cm³/mol. The minimum absolute atomic E-state index is 0.676. The van der Waals surface area contributed by atoms with Crippen LogP contribution in [0, 0.1) is 11.3 Å². The quantitative estimate of drug-likeness (QED) is 0.370. The van der Waals surface area contributed by atoms with Crippen LogP contribution in [0.5, 0.6) is 0 Å². The van der Waals surface area contributed by atoms with Crippen molar-refractivity contribution in [1.82, 2.24) is 10.0 Å². The van der Waals surface area contributed by atoms with Crippen molar-refractivity contribution in [3.05, 3.63) is 11.8 Å². The molecule has 4 heteroatoms. The first-order valence-electron chi connectivity index (χ1n) is 4.98. The highest BCUT2D eigenvalue weighted by Gasteiger charge is 2.02. The van der Waals surface area contributed by atoms with E-state index in [0.717, 1.165) is 31.4 Å². The van der Waals surface area contributed by atoms with E-state index in [-0.39, 0.29) is 0 Å². The lowest BCUT2D eigenvalue weighted by molar-refractivity contribution is 0.496. The van der Waals surface area contributed by atoms with Crippen LogP contribution in [-0.2, 0) is 0 Å². The maximum Gasteiger partial charge on any atom is 0.0224 e. The van der Waals surface area contributed by atoms with Gasteiger partial charge in [0, 0.05) is 26.0 Å². The topological polar surface area (TPSA) is 47.9 Å². The van der Waals surface area contributed by atoms with Gasteiger partial charge in [0.05, 0.1) is 0 Å². The SMILES string of the molecule is CN/C=C(\C=N)CCC(C)CCNS. The van der Waals surface area contributed by atoms with Crippen molar-refractivity contribution < 1.29 is 0 Å². The molecule has 0 heterocycles. The number of rotatable bonds is 8. The van der Waals surface area contributed by atoms with E-state index in [1.165, 1.54) is 6.21 Å². The molecule has 14 heavy (non-hydrogen) atoms. The second-order valence-corrected chi connectivity index (χ2v) is 3.81.